The second-order valence-electron chi connectivity index (χ2n) is 15.0. The van der Waals surface area contributed by atoms with Crippen molar-refractivity contribution in [3.8, 4) is 27.9 Å². The molecule has 8 aromatic carbocycles. The van der Waals surface area contributed by atoms with Crippen molar-refractivity contribution >= 4 is 70.4 Å². The molecule has 1 aliphatic carbocycles. The van der Waals surface area contributed by atoms with E-state index in [9.17, 15) is 0 Å². The van der Waals surface area contributed by atoms with Crippen molar-refractivity contribution < 1.29 is 0 Å². The van der Waals surface area contributed by atoms with E-state index in [0.29, 0.717) is 0 Å². The summed E-state index contributed by atoms with van der Waals surface area (Å²) in [6.45, 7) is 8.72. The largest absolute Gasteiger partial charge is 0.310 e. The highest BCUT2D eigenvalue weighted by Gasteiger charge is 2.35. The fourth-order valence-corrected chi connectivity index (χ4v) is 10.2. The minimum absolute atomic E-state index is 0.0957. The average Bonchev–Trinajstić information content (AvgIpc) is 3.88. The third kappa shape index (κ3) is 5.22. The van der Waals surface area contributed by atoms with Crippen LogP contribution in [0.2, 0.25) is 0 Å². The number of para-hydroxylation sites is 2. The lowest BCUT2D eigenvalue weighted by Crippen LogP contribution is -2.16. The molecule has 11 rings (SSSR count). The Morgan fingerprint density at radius 2 is 1.02 bits per heavy atom. The second kappa shape index (κ2) is 13.4. The molecule has 0 saturated carbocycles. The normalized spacial score (nSPS) is 12.8. The predicted molar refractivity (Wildman–Crippen MR) is 243 cm³/mol. The van der Waals surface area contributed by atoms with Crippen LogP contribution in [0.1, 0.15) is 38.8 Å². The van der Waals surface area contributed by atoms with Crippen molar-refractivity contribution in [1.29, 1.82) is 0 Å². The Bertz CT molecular complexity index is 3020. The van der Waals surface area contributed by atoms with Crippen molar-refractivity contribution in [1.82, 2.24) is 4.57 Å². The van der Waals surface area contributed by atoms with E-state index in [4.69, 9.17) is 0 Å². The lowest BCUT2D eigenvalue weighted by atomic mass is 9.82. The van der Waals surface area contributed by atoms with E-state index in [2.05, 4.69) is 205 Å². The number of nitrogens with zero attached hydrogens (tertiary/aromatic N) is 2. The summed E-state index contributed by atoms with van der Waals surface area (Å²) in [6, 6.07) is 67.0. The molecular weight excluding hydrogens is 697 g/mol. The van der Waals surface area contributed by atoms with Crippen LogP contribution in [0.3, 0.4) is 0 Å². The molecule has 0 fully saturated rings. The van der Waals surface area contributed by atoms with Crippen LogP contribution in [0.4, 0.5) is 17.1 Å². The standard InChI is InChI=1S/C51H36N2S.C2H6/c1-51(2)44-19-9-6-15-38(44)39-29-27-37(32-45(39)51)52(35-25-23-34(24-26-35)33-13-4-3-5-14-33)36-28-30-49-43(31-36)42-18-12-22-48(50(42)54-49)53-46-20-10-7-16-40(46)41-17-8-11-21-47(41)53;1-2/h3-32H,1-2H3;1-2H3. The summed E-state index contributed by atoms with van der Waals surface area (Å²) in [5, 5.41) is 5.11. The molecule has 0 radical (unpaired) electrons. The van der Waals surface area contributed by atoms with Crippen molar-refractivity contribution in [2.75, 3.05) is 4.90 Å². The van der Waals surface area contributed by atoms with Crippen molar-refractivity contribution in [2.45, 2.75) is 33.1 Å². The monoisotopic (exact) mass is 738 g/mol. The van der Waals surface area contributed by atoms with Gasteiger partial charge in [0.1, 0.15) is 0 Å². The van der Waals surface area contributed by atoms with Gasteiger partial charge in [0.05, 0.1) is 21.4 Å². The van der Waals surface area contributed by atoms with E-state index in [0.717, 1.165) is 17.1 Å². The number of hydrogen-bond acceptors (Lipinski definition) is 2. The van der Waals surface area contributed by atoms with Gasteiger partial charge in [-0.25, -0.2) is 0 Å². The van der Waals surface area contributed by atoms with E-state index in [1.165, 1.54) is 81.0 Å². The minimum Gasteiger partial charge on any atom is -0.310 e. The van der Waals surface area contributed by atoms with Crippen LogP contribution in [-0.4, -0.2) is 4.57 Å². The highest BCUT2D eigenvalue weighted by Crippen LogP contribution is 2.51. The zero-order chi connectivity index (χ0) is 38.0. The first-order chi connectivity index (χ1) is 27.5. The first-order valence-electron chi connectivity index (χ1n) is 19.7. The van der Waals surface area contributed by atoms with E-state index in [1.807, 2.05) is 25.2 Å². The van der Waals surface area contributed by atoms with Crippen LogP contribution >= 0.6 is 11.3 Å². The Kier molecular flexibility index (Phi) is 8.16. The Labute approximate surface area is 332 Å². The van der Waals surface area contributed by atoms with Crippen molar-refractivity contribution in [3.63, 3.8) is 0 Å². The lowest BCUT2D eigenvalue weighted by Gasteiger charge is -2.28. The average molecular weight is 739 g/mol. The molecule has 270 valence electrons. The maximum atomic E-state index is 2.45. The van der Waals surface area contributed by atoms with Gasteiger partial charge in [0.15, 0.2) is 0 Å². The zero-order valence-corrected chi connectivity index (χ0v) is 32.9. The van der Waals surface area contributed by atoms with Gasteiger partial charge >= 0.3 is 0 Å². The molecule has 2 nitrogen and oxygen atoms in total. The highest BCUT2D eigenvalue weighted by molar-refractivity contribution is 7.26. The van der Waals surface area contributed by atoms with Gasteiger partial charge in [-0.15, -0.1) is 11.3 Å². The number of aromatic nitrogens is 1. The summed E-state index contributed by atoms with van der Waals surface area (Å²) in [7, 11) is 0. The fraction of sp³-hybridized carbons (Fsp3) is 0.0943. The molecule has 0 unspecified atom stereocenters. The lowest BCUT2D eigenvalue weighted by molar-refractivity contribution is 0.660. The van der Waals surface area contributed by atoms with E-state index in [-0.39, 0.29) is 5.41 Å². The van der Waals surface area contributed by atoms with Gasteiger partial charge in [-0.3, -0.25) is 0 Å². The summed E-state index contributed by atoms with van der Waals surface area (Å²) in [4.78, 5) is 2.44. The third-order valence-corrected chi connectivity index (χ3v) is 12.8. The van der Waals surface area contributed by atoms with Crippen molar-refractivity contribution in [2.24, 2.45) is 0 Å². The number of rotatable bonds is 5. The molecule has 0 atom stereocenters. The maximum Gasteiger partial charge on any atom is 0.0640 e. The molecule has 2 aromatic heterocycles. The molecule has 0 aliphatic heterocycles. The quantitative estimate of drug-likeness (QED) is 0.171. The Balaban J connectivity index is 0.00000189. The Morgan fingerprint density at radius 3 is 1.77 bits per heavy atom. The fourth-order valence-electron chi connectivity index (χ4n) is 8.98. The molecule has 0 amide bonds. The van der Waals surface area contributed by atoms with Crippen LogP contribution in [-0.2, 0) is 5.41 Å². The molecule has 56 heavy (non-hydrogen) atoms. The maximum absolute atomic E-state index is 2.45. The van der Waals surface area contributed by atoms with Crippen LogP contribution in [0, 0.1) is 0 Å². The SMILES string of the molecule is CC.CC1(C)c2ccccc2-c2ccc(N(c3ccc(-c4ccccc4)cc3)c3ccc4sc5c(-n6c7ccccc7c7ccccc76)cccc5c4c3)cc21. The Morgan fingerprint density at radius 1 is 0.446 bits per heavy atom. The van der Waals surface area contributed by atoms with Crippen LogP contribution in [0.5, 0.6) is 0 Å². The van der Waals surface area contributed by atoms with Crippen LogP contribution in [0.15, 0.2) is 182 Å². The molecule has 0 spiro atoms. The topological polar surface area (TPSA) is 8.17 Å². The summed E-state index contributed by atoms with van der Waals surface area (Å²) in [5.41, 5.74) is 14.9. The van der Waals surface area contributed by atoms with Crippen molar-refractivity contribution in [3.05, 3.63) is 193 Å². The Hall–Kier alpha value is -6.42. The van der Waals surface area contributed by atoms with Gasteiger partial charge in [-0.2, -0.15) is 0 Å². The van der Waals surface area contributed by atoms with Gasteiger partial charge < -0.3 is 9.47 Å². The number of fused-ring (bicyclic) bond motifs is 9. The van der Waals surface area contributed by atoms with E-state index >= 15 is 0 Å². The van der Waals surface area contributed by atoms with E-state index < -0.39 is 0 Å². The minimum atomic E-state index is -0.0957. The van der Waals surface area contributed by atoms with Crippen LogP contribution in [0.25, 0.3) is 69.9 Å². The zero-order valence-electron chi connectivity index (χ0n) is 32.1. The van der Waals surface area contributed by atoms with Gasteiger partial charge in [0, 0.05) is 48.7 Å². The number of anilines is 3. The van der Waals surface area contributed by atoms with E-state index in [1.54, 1.807) is 0 Å². The molecule has 3 heteroatoms. The van der Waals surface area contributed by atoms with Gasteiger partial charge in [-0.1, -0.05) is 149 Å². The summed E-state index contributed by atoms with van der Waals surface area (Å²) in [5.74, 6) is 0. The summed E-state index contributed by atoms with van der Waals surface area (Å²) >= 11 is 1.88. The number of thiophene rings is 1. The summed E-state index contributed by atoms with van der Waals surface area (Å²) in [6.07, 6.45) is 0. The third-order valence-electron chi connectivity index (χ3n) is 11.6. The first kappa shape index (κ1) is 34.1. The van der Waals surface area contributed by atoms with Crippen LogP contribution < -0.4 is 4.90 Å². The molecular formula is C53H42N2S. The molecule has 0 N–H and O–H groups in total. The first-order valence-corrected chi connectivity index (χ1v) is 20.5. The summed E-state index contributed by atoms with van der Waals surface area (Å²) < 4.78 is 5.03. The highest BCUT2D eigenvalue weighted by atomic mass is 32.1. The molecule has 10 aromatic rings. The second-order valence-corrected chi connectivity index (χ2v) is 16.0. The van der Waals surface area contributed by atoms with Gasteiger partial charge in [0.25, 0.3) is 0 Å². The smallest absolute Gasteiger partial charge is 0.0640 e. The molecule has 0 saturated heterocycles. The molecule has 0 bridgehead atoms. The van der Waals surface area contributed by atoms with Gasteiger partial charge in [0.2, 0.25) is 0 Å². The number of hydrogen-bond donors (Lipinski definition) is 0. The number of benzene rings is 8. The molecule has 2 heterocycles. The molecule has 1 aliphatic rings. The predicted octanol–water partition coefficient (Wildman–Crippen LogP) is 15.6. The van der Waals surface area contributed by atoms with Gasteiger partial charge in [-0.05, 0) is 94.0 Å².